The Labute approximate surface area is 103 Å². The Morgan fingerprint density at radius 2 is 1.89 bits per heavy atom. The molecule has 0 aliphatic heterocycles. The molecular formula is C13H12N2O3. The van der Waals surface area contributed by atoms with E-state index in [0.717, 1.165) is 5.56 Å². The number of nitrogen functional groups attached to an aromatic ring is 1. The SMILES string of the molecule is Nc1cn(Cc2ccc(C(=O)O)cc2)ccc1=O. The molecular weight excluding hydrogens is 232 g/mol. The predicted octanol–water partition coefficient (Wildman–Crippen LogP) is 1.18. The van der Waals surface area contributed by atoms with Crippen LogP contribution in [0.1, 0.15) is 15.9 Å². The van der Waals surface area contributed by atoms with Crippen LogP contribution in [0.3, 0.4) is 0 Å². The van der Waals surface area contributed by atoms with E-state index in [9.17, 15) is 9.59 Å². The van der Waals surface area contributed by atoms with Crippen molar-refractivity contribution in [1.29, 1.82) is 0 Å². The lowest BCUT2D eigenvalue weighted by molar-refractivity contribution is 0.0697. The number of pyridine rings is 1. The summed E-state index contributed by atoms with van der Waals surface area (Å²) in [5.74, 6) is -0.950. The van der Waals surface area contributed by atoms with Gasteiger partial charge in [0.05, 0.1) is 11.3 Å². The number of carbonyl (C=O) groups is 1. The zero-order chi connectivity index (χ0) is 13.1. The summed E-state index contributed by atoms with van der Waals surface area (Å²) in [5.41, 5.74) is 6.70. The largest absolute Gasteiger partial charge is 0.478 e. The highest BCUT2D eigenvalue weighted by Gasteiger charge is 2.02. The second-order valence-electron chi connectivity index (χ2n) is 3.94. The minimum atomic E-state index is -0.950. The maximum absolute atomic E-state index is 11.1. The van der Waals surface area contributed by atoms with Crippen molar-refractivity contribution in [3.8, 4) is 0 Å². The number of hydrogen-bond acceptors (Lipinski definition) is 3. The number of aromatic nitrogens is 1. The molecule has 0 aliphatic carbocycles. The Bertz CT molecular complexity index is 629. The van der Waals surface area contributed by atoms with Crippen molar-refractivity contribution in [1.82, 2.24) is 4.57 Å². The van der Waals surface area contributed by atoms with Gasteiger partial charge in [0.1, 0.15) is 0 Å². The van der Waals surface area contributed by atoms with Gasteiger partial charge in [-0.05, 0) is 17.7 Å². The van der Waals surface area contributed by atoms with E-state index in [4.69, 9.17) is 10.8 Å². The van der Waals surface area contributed by atoms with Crippen molar-refractivity contribution in [2.75, 3.05) is 5.73 Å². The van der Waals surface area contributed by atoms with Gasteiger partial charge in [-0.2, -0.15) is 0 Å². The average Bonchev–Trinajstić information content (AvgIpc) is 2.34. The summed E-state index contributed by atoms with van der Waals surface area (Å²) in [6, 6.07) is 7.96. The highest BCUT2D eigenvalue weighted by atomic mass is 16.4. The van der Waals surface area contributed by atoms with Crippen LogP contribution in [-0.2, 0) is 6.54 Å². The first-order valence-electron chi connectivity index (χ1n) is 5.34. The van der Waals surface area contributed by atoms with Crippen molar-refractivity contribution in [2.24, 2.45) is 0 Å². The molecule has 0 saturated carbocycles. The van der Waals surface area contributed by atoms with E-state index in [1.807, 2.05) is 0 Å². The quantitative estimate of drug-likeness (QED) is 0.848. The molecule has 0 bridgehead atoms. The van der Waals surface area contributed by atoms with E-state index in [2.05, 4.69) is 0 Å². The average molecular weight is 244 g/mol. The number of rotatable bonds is 3. The summed E-state index contributed by atoms with van der Waals surface area (Å²) in [5, 5.41) is 8.78. The Morgan fingerprint density at radius 3 is 2.44 bits per heavy atom. The molecule has 0 aliphatic rings. The lowest BCUT2D eigenvalue weighted by atomic mass is 10.1. The zero-order valence-electron chi connectivity index (χ0n) is 9.54. The van der Waals surface area contributed by atoms with Gasteiger partial charge >= 0.3 is 5.97 Å². The molecule has 2 rings (SSSR count). The normalized spacial score (nSPS) is 10.2. The Hall–Kier alpha value is -2.56. The van der Waals surface area contributed by atoms with E-state index < -0.39 is 5.97 Å². The molecule has 18 heavy (non-hydrogen) atoms. The maximum Gasteiger partial charge on any atom is 0.335 e. The maximum atomic E-state index is 11.1. The fourth-order valence-electron chi connectivity index (χ4n) is 1.61. The molecule has 5 nitrogen and oxygen atoms in total. The lowest BCUT2D eigenvalue weighted by Crippen LogP contribution is -2.11. The molecule has 1 aromatic heterocycles. The number of aromatic carboxylic acids is 1. The van der Waals surface area contributed by atoms with Crippen LogP contribution in [0.4, 0.5) is 5.69 Å². The van der Waals surface area contributed by atoms with Gasteiger partial charge in [0.25, 0.3) is 0 Å². The van der Waals surface area contributed by atoms with Crippen molar-refractivity contribution in [3.05, 3.63) is 64.1 Å². The van der Waals surface area contributed by atoms with Crippen LogP contribution in [0.25, 0.3) is 0 Å². The molecule has 0 saturated heterocycles. The Morgan fingerprint density at radius 1 is 1.22 bits per heavy atom. The first-order valence-corrected chi connectivity index (χ1v) is 5.34. The molecule has 2 aromatic rings. The van der Waals surface area contributed by atoms with E-state index in [1.165, 1.54) is 6.07 Å². The zero-order valence-corrected chi connectivity index (χ0v) is 9.54. The highest BCUT2D eigenvalue weighted by Crippen LogP contribution is 2.07. The third-order valence-electron chi connectivity index (χ3n) is 2.57. The highest BCUT2D eigenvalue weighted by molar-refractivity contribution is 5.87. The van der Waals surface area contributed by atoms with Crippen LogP contribution in [-0.4, -0.2) is 15.6 Å². The van der Waals surface area contributed by atoms with Crippen LogP contribution >= 0.6 is 0 Å². The van der Waals surface area contributed by atoms with Crippen molar-refractivity contribution >= 4 is 11.7 Å². The van der Waals surface area contributed by atoms with Crippen LogP contribution < -0.4 is 11.2 Å². The first-order chi connectivity index (χ1) is 8.56. The fourth-order valence-corrected chi connectivity index (χ4v) is 1.61. The molecule has 92 valence electrons. The lowest BCUT2D eigenvalue weighted by Gasteiger charge is -2.07. The molecule has 1 aromatic carbocycles. The van der Waals surface area contributed by atoms with Gasteiger partial charge in [0, 0.05) is 25.0 Å². The molecule has 0 fully saturated rings. The molecule has 3 N–H and O–H groups in total. The third-order valence-corrected chi connectivity index (χ3v) is 2.57. The summed E-state index contributed by atoms with van der Waals surface area (Å²) in [4.78, 5) is 21.8. The summed E-state index contributed by atoms with van der Waals surface area (Å²) < 4.78 is 1.77. The smallest absolute Gasteiger partial charge is 0.335 e. The number of carboxylic acids is 1. The summed E-state index contributed by atoms with van der Waals surface area (Å²) in [6.45, 7) is 0.532. The van der Waals surface area contributed by atoms with Crippen LogP contribution in [0.5, 0.6) is 0 Å². The second kappa shape index (κ2) is 4.75. The van der Waals surface area contributed by atoms with Crippen LogP contribution in [0.15, 0.2) is 47.5 Å². The molecule has 0 radical (unpaired) electrons. The molecule has 0 atom stereocenters. The number of hydrogen-bond donors (Lipinski definition) is 2. The van der Waals surface area contributed by atoms with Crippen molar-refractivity contribution < 1.29 is 9.90 Å². The number of nitrogens with two attached hydrogens (primary N) is 1. The van der Waals surface area contributed by atoms with Crippen molar-refractivity contribution in [3.63, 3.8) is 0 Å². The van der Waals surface area contributed by atoms with Crippen molar-refractivity contribution in [2.45, 2.75) is 6.54 Å². The van der Waals surface area contributed by atoms with E-state index in [0.29, 0.717) is 6.54 Å². The number of carboxylic acid groups (broad SMARTS) is 1. The van der Waals surface area contributed by atoms with E-state index >= 15 is 0 Å². The number of benzene rings is 1. The molecule has 5 heteroatoms. The van der Waals surface area contributed by atoms with E-state index in [1.54, 1.807) is 41.2 Å². The third kappa shape index (κ3) is 2.57. The first kappa shape index (κ1) is 11.9. The van der Waals surface area contributed by atoms with Gasteiger partial charge in [-0.15, -0.1) is 0 Å². The van der Waals surface area contributed by atoms with Gasteiger partial charge in [0.2, 0.25) is 5.43 Å². The van der Waals surface area contributed by atoms with Crippen LogP contribution in [0, 0.1) is 0 Å². The standard InChI is InChI=1S/C13H12N2O3/c14-11-8-15(6-5-12(11)16)7-9-1-3-10(4-2-9)13(17)18/h1-6,8H,7,14H2,(H,17,18). The van der Waals surface area contributed by atoms with Crippen LogP contribution in [0.2, 0.25) is 0 Å². The summed E-state index contributed by atoms with van der Waals surface area (Å²) in [6.07, 6.45) is 3.21. The van der Waals surface area contributed by atoms with Gasteiger partial charge in [0.15, 0.2) is 0 Å². The summed E-state index contributed by atoms with van der Waals surface area (Å²) >= 11 is 0. The molecule has 0 spiro atoms. The van der Waals surface area contributed by atoms with Gasteiger partial charge in [-0.3, -0.25) is 4.79 Å². The van der Waals surface area contributed by atoms with E-state index in [-0.39, 0.29) is 16.7 Å². The Balaban J connectivity index is 2.20. The predicted molar refractivity (Wildman–Crippen MR) is 67.6 cm³/mol. The monoisotopic (exact) mass is 244 g/mol. The molecule has 1 heterocycles. The van der Waals surface area contributed by atoms with Gasteiger partial charge in [-0.25, -0.2) is 4.79 Å². The molecule has 0 amide bonds. The topological polar surface area (TPSA) is 85.3 Å². The minimum absolute atomic E-state index is 0.194. The van der Waals surface area contributed by atoms with Gasteiger partial charge < -0.3 is 15.4 Å². The second-order valence-corrected chi connectivity index (χ2v) is 3.94. The summed E-state index contributed by atoms with van der Waals surface area (Å²) in [7, 11) is 0. The van der Waals surface area contributed by atoms with Gasteiger partial charge in [-0.1, -0.05) is 12.1 Å². The fraction of sp³-hybridized carbons (Fsp3) is 0.0769. The molecule has 0 unspecified atom stereocenters. The Kier molecular flexibility index (Phi) is 3.14. The number of nitrogens with zero attached hydrogens (tertiary/aromatic N) is 1. The minimum Gasteiger partial charge on any atom is -0.478 e. The number of anilines is 1.